The maximum Gasteiger partial charge on any atom is 0.0462 e. The quantitative estimate of drug-likeness (QED) is 0.189. The number of anilines is 3. The van der Waals surface area contributed by atoms with Crippen LogP contribution < -0.4 is 4.90 Å². The van der Waals surface area contributed by atoms with Crippen molar-refractivity contribution in [3.05, 3.63) is 176 Å². The SMILES string of the molecule is c1ccc(-c2ccc(-c3cc(-c4ccc(N(c5ccccc5)c5ccccc5)cc4)cc4c3sc3ccccc34)cc2)cc1. The van der Waals surface area contributed by atoms with Crippen LogP contribution >= 0.6 is 11.3 Å². The molecule has 7 aromatic carbocycles. The van der Waals surface area contributed by atoms with Crippen LogP contribution in [0.25, 0.3) is 53.6 Å². The zero-order chi connectivity index (χ0) is 29.3. The normalized spacial score (nSPS) is 11.2. The first-order chi connectivity index (χ1) is 21.8. The fraction of sp³-hybridized carbons (Fsp3) is 0. The number of nitrogens with zero attached hydrogens (tertiary/aromatic N) is 1. The highest BCUT2D eigenvalue weighted by molar-refractivity contribution is 7.26. The first-order valence-corrected chi connectivity index (χ1v) is 15.8. The number of rotatable bonds is 6. The fourth-order valence-electron chi connectivity index (χ4n) is 6.09. The molecule has 0 unspecified atom stereocenters. The Morgan fingerprint density at radius 1 is 0.341 bits per heavy atom. The number of benzene rings is 7. The van der Waals surface area contributed by atoms with Crippen molar-refractivity contribution in [3.63, 3.8) is 0 Å². The van der Waals surface area contributed by atoms with Gasteiger partial charge in [-0.1, -0.05) is 121 Å². The van der Waals surface area contributed by atoms with E-state index in [-0.39, 0.29) is 0 Å². The monoisotopic (exact) mass is 579 g/mol. The summed E-state index contributed by atoms with van der Waals surface area (Å²) in [7, 11) is 0. The molecule has 0 saturated heterocycles. The Labute approximate surface area is 261 Å². The zero-order valence-corrected chi connectivity index (χ0v) is 24.9. The Bertz CT molecular complexity index is 2140. The second-order valence-electron chi connectivity index (χ2n) is 11.0. The van der Waals surface area contributed by atoms with Crippen LogP contribution in [-0.4, -0.2) is 0 Å². The van der Waals surface area contributed by atoms with Crippen molar-refractivity contribution in [1.82, 2.24) is 0 Å². The molecule has 0 bridgehead atoms. The molecule has 0 aliphatic rings. The minimum absolute atomic E-state index is 1.13. The first kappa shape index (κ1) is 26.2. The Balaban J connectivity index is 1.24. The van der Waals surface area contributed by atoms with Crippen LogP contribution in [0.4, 0.5) is 17.1 Å². The van der Waals surface area contributed by atoms with Gasteiger partial charge in [-0.05, 0) is 82.4 Å². The van der Waals surface area contributed by atoms with Crippen molar-refractivity contribution in [2.45, 2.75) is 0 Å². The van der Waals surface area contributed by atoms with E-state index in [0.29, 0.717) is 0 Å². The van der Waals surface area contributed by atoms with Crippen LogP contribution in [0.5, 0.6) is 0 Å². The standard InChI is InChI=1S/C42H29NS/c1-4-12-30(13-5-1)31-20-22-33(23-21-31)39-28-34(29-40-38-18-10-11-19-41(38)44-42(39)40)32-24-26-37(27-25-32)43(35-14-6-2-7-15-35)36-16-8-3-9-17-36/h1-29H. The Morgan fingerprint density at radius 2 is 0.818 bits per heavy atom. The molecule has 0 amide bonds. The molecule has 2 heteroatoms. The van der Waals surface area contributed by atoms with Crippen LogP contribution in [-0.2, 0) is 0 Å². The number of fused-ring (bicyclic) bond motifs is 3. The number of para-hydroxylation sites is 2. The Hall–Kier alpha value is -5.44. The predicted molar refractivity (Wildman–Crippen MR) is 190 cm³/mol. The van der Waals surface area contributed by atoms with Crippen molar-refractivity contribution >= 4 is 48.6 Å². The summed E-state index contributed by atoms with van der Waals surface area (Å²) in [5, 5.41) is 2.62. The summed E-state index contributed by atoms with van der Waals surface area (Å²) in [6.45, 7) is 0. The van der Waals surface area contributed by atoms with Crippen molar-refractivity contribution < 1.29 is 0 Å². The molecule has 1 nitrogen and oxygen atoms in total. The zero-order valence-electron chi connectivity index (χ0n) is 24.1. The topological polar surface area (TPSA) is 3.24 Å². The molecule has 1 heterocycles. The van der Waals surface area contributed by atoms with E-state index < -0.39 is 0 Å². The number of thiophene rings is 1. The summed E-state index contributed by atoms with van der Waals surface area (Å²) < 4.78 is 2.65. The van der Waals surface area contributed by atoms with Gasteiger partial charge in [-0.15, -0.1) is 11.3 Å². The molecule has 0 fully saturated rings. The third kappa shape index (κ3) is 4.86. The third-order valence-corrected chi connectivity index (χ3v) is 9.49. The lowest BCUT2D eigenvalue weighted by Gasteiger charge is -2.25. The Morgan fingerprint density at radius 3 is 1.48 bits per heavy atom. The average Bonchev–Trinajstić information content (AvgIpc) is 3.49. The third-order valence-electron chi connectivity index (χ3n) is 8.27. The van der Waals surface area contributed by atoms with E-state index in [1.807, 2.05) is 11.3 Å². The molecule has 8 aromatic rings. The lowest BCUT2D eigenvalue weighted by Crippen LogP contribution is -2.09. The summed E-state index contributed by atoms with van der Waals surface area (Å²) in [6, 6.07) is 63.2. The lowest BCUT2D eigenvalue weighted by molar-refractivity contribution is 1.28. The van der Waals surface area contributed by atoms with Crippen molar-refractivity contribution in [2.75, 3.05) is 4.90 Å². The molecule has 208 valence electrons. The summed E-state index contributed by atoms with van der Waals surface area (Å²) >= 11 is 1.88. The van der Waals surface area contributed by atoms with Gasteiger partial charge >= 0.3 is 0 Å². The van der Waals surface area contributed by atoms with Gasteiger partial charge in [0.2, 0.25) is 0 Å². The van der Waals surface area contributed by atoms with E-state index >= 15 is 0 Å². The Kier molecular flexibility index (Phi) is 6.75. The minimum Gasteiger partial charge on any atom is -0.311 e. The molecule has 0 N–H and O–H groups in total. The molecule has 8 rings (SSSR count). The highest BCUT2D eigenvalue weighted by atomic mass is 32.1. The molecule has 0 spiro atoms. The second-order valence-corrected chi connectivity index (χ2v) is 12.0. The summed E-state index contributed by atoms with van der Waals surface area (Å²) in [4.78, 5) is 2.30. The molecule has 0 atom stereocenters. The van der Waals surface area contributed by atoms with E-state index in [1.165, 1.54) is 53.6 Å². The van der Waals surface area contributed by atoms with Gasteiger partial charge in [-0.2, -0.15) is 0 Å². The van der Waals surface area contributed by atoms with E-state index in [4.69, 9.17) is 0 Å². The maximum absolute atomic E-state index is 2.37. The molecular weight excluding hydrogens is 551 g/mol. The van der Waals surface area contributed by atoms with Gasteiger partial charge < -0.3 is 4.90 Å². The van der Waals surface area contributed by atoms with Crippen molar-refractivity contribution in [2.24, 2.45) is 0 Å². The van der Waals surface area contributed by atoms with E-state index in [1.54, 1.807) is 0 Å². The van der Waals surface area contributed by atoms with Gasteiger partial charge in [0.25, 0.3) is 0 Å². The fourth-order valence-corrected chi connectivity index (χ4v) is 7.31. The molecule has 0 aliphatic carbocycles. The molecule has 0 saturated carbocycles. The van der Waals surface area contributed by atoms with Gasteiger partial charge in [0.15, 0.2) is 0 Å². The van der Waals surface area contributed by atoms with Gasteiger partial charge in [0.05, 0.1) is 0 Å². The van der Waals surface area contributed by atoms with Crippen molar-refractivity contribution in [3.8, 4) is 33.4 Å². The van der Waals surface area contributed by atoms with E-state index in [0.717, 1.165) is 17.1 Å². The maximum atomic E-state index is 2.37. The number of hydrogen-bond donors (Lipinski definition) is 0. The summed E-state index contributed by atoms with van der Waals surface area (Å²) in [5.41, 5.74) is 10.8. The summed E-state index contributed by atoms with van der Waals surface area (Å²) in [6.07, 6.45) is 0. The smallest absolute Gasteiger partial charge is 0.0462 e. The largest absolute Gasteiger partial charge is 0.311 e. The predicted octanol–water partition coefficient (Wildman–Crippen LogP) is 12.5. The van der Waals surface area contributed by atoms with E-state index in [9.17, 15) is 0 Å². The molecule has 44 heavy (non-hydrogen) atoms. The van der Waals surface area contributed by atoms with Gasteiger partial charge in [-0.3, -0.25) is 0 Å². The van der Waals surface area contributed by atoms with Crippen LogP contribution in [0.1, 0.15) is 0 Å². The van der Waals surface area contributed by atoms with Gasteiger partial charge in [-0.25, -0.2) is 0 Å². The second kappa shape index (κ2) is 11.3. The van der Waals surface area contributed by atoms with Crippen LogP contribution in [0.2, 0.25) is 0 Å². The van der Waals surface area contributed by atoms with Crippen LogP contribution in [0.15, 0.2) is 176 Å². The molecule has 0 radical (unpaired) electrons. The highest BCUT2D eigenvalue weighted by Gasteiger charge is 2.15. The number of hydrogen-bond acceptors (Lipinski definition) is 2. The van der Waals surface area contributed by atoms with Gasteiger partial charge in [0, 0.05) is 42.8 Å². The highest BCUT2D eigenvalue weighted by Crippen LogP contribution is 2.43. The average molecular weight is 580 g/mol. The minimum atomic E-state index is 1.13. The molecular formula is C42H29NS. The lowest BCUT2D eigenvalue weighted by atomic mass is 9.94. The van der Waals surface area contributed by atoms with Gasteiger partial charge in [0.1, 0.15) is 0 Å². The first-order valence-electron chi connectivity index (χ1n) is 14.9. The molecule has 0 aliphatic heterocycles. The molecule has 1 aromatic heterocycles. The van der Waals surface area contributed by atoms with Crippen LogP contribution in [0, 0.1) is 0 Å². The van der Waals surface area contributed by atoms with E-state index in [2.05, 4.69) is 181 Å². The van der Waals surface area contributed by atoms with Crippen LogP contribution in [0.3, 0.4) is 0 Å². The van der Waals surface area contributed by atoms with Crippen molar-refractivity contribution in [1.29, 1.82) is 0 Å². The summed E-state index contributed by atoms with van der Waals surface area (Å²) in [5.74, 6) is 0.